The highest BCUT2D eigenvalue weighted by atomic mass is 35.5. The number of ether oxygens (including phenoxy) is 1. The molecule has 7 heteroatoms. The number of carboxylic acids is 1. The molecule has 0 radical (unpaired) electrons. The van der Waals surface area contributed by atoms with Crippen LogP contribution < -0.4 is 10.3 Å². The second-order valence-corrected chi connectivity index (χ2v) is 4.29. The Morgan fingerprint density at radius 3 is 2.85 bits per heavy atom. The highest BCUT2D eigenvalue weighted by Crippen LogP contribution is 2.29. The monoisotopic (exact) mass is 294 g/mol. The summed E-state index contributed by atoms with van der Waals surface area (Å²) in [7, 11) is 0. The number of carboxylic acid groups (broad SMARTS) is 1. The minimum atomic E-state index is -1.33. The fourth-order valence-electron chi connectivity index (χ4n) is 1.65. The molecular formula is C13H11ClN2O4. The average Bonchev–Trinajstić information content (AvgIpc) is 2.40. The second kappa shape index (κ2) is 5.75. The standard InChI is InChI=1S/C13H11ClN2O4/c1-2-20-10-4-3-7(14)5-8(10)11-15-6-9(13(18)19)12(17)16-11/h3-6H,2H2,1H3,(H,18,19)(H,15,16,17). The van der Waals surface area contributed by atoms with Crippen LogP contribution in [0.1, 0.15) is 17.3 Å². The smallest absolute Gasteiger partial charge is 0.342 e. The van der Waals surface area contributed by atoms with Crippen molar-refractivity contribution < 1.29 is 14.6 Å². The predicted octanol–water partition coefficient (Wildman–Crippen LogP) is 2.19. The molecule has 0 aliphatic rings. The number of aromatic carboxylic acids is 1. The van der Waals surface area contributed by atoms with Crippen LogP contribution in [0.5, 0.6) is 5.75 Å². The summed E-state index contributed by atoms with van der Waals surface area (Å²) >= 11 is 5.92. The number of nitrogens with one attached hydrogen (secondary N) is 1. The summed E-state index contributed by atoms with van der Waals surface area (Å²) < 4.78 is 5.43. The van der Waals surface area contributed by atoms with Crippen LogP contribution >= 0.6 is 11.6 Å². The molecule has 0 unspecified atom stereocenters. The molecule has 1 aromatic carbocycles. The van der Waals surface area contributed by atoms with Gasteiger partial charge in [0, 0.05) is 11.2 Å². The van der Waals surface area contributed by atoms with E-state index >= 15 is 0 Å². The maximum Gasteiger partial charge on any atom is 0.342 e. The van der Waals surface area contributed by atoms with Crippen molar-refractivity contribution >= 4 is 17.6 Å². The highest BCUT2D eigenvalue weighted by molar-refractivity contribution is 6.30. The molecule has 2 aromatic rings. The second-order valence-electron chi connectivity index (χ2n) is 3.85. The molecule has 0 amide bonds. The van der Waals surface area contributed by atoms with E-state index in [1.807, 2.05) is 6.92 Å². The van der Waals surface area contributed by atoms with Crippen LogP contribution in [-0.4, -0.2) is 27.7 Å². The minimum absolute atomic E-state index is 0.200. The molecule has 0 aliphatic carbocycles. The molecule has 6 nitrogen and oxygen atoms in total. The number of rotatable bonds is 4. The van der Waals surface area contributed by atoms with Gasteiger partial charge in [0.15, 0.2) is 0 Å². The van der Waals surface area contributed by atoms with E-state index in [1.54, 1.807) is 18.2 Å². The molecule has 0 fully saturated rings. The van der Waals surface area contributed by atoms with Gasteiger partial charge in [-0.15, -0.1) is 0 Å². The largest absolute Gasteiger partial charge is 0.493 e. The Bertz CT molecular complexity index is 712. The third-order valence-electron chi connectivity index (χ3n) is 2.53. The summed E-state index contributed by atoms with van der Waals surface area (Å²) in [6.07, 6.45) is 1.01. The van der Waals surface area contributed by atoms with Crippen LogP contribution in [0.4, 0.5) is 0 Å². The summed E-state index contributed by atoms with van der Waals surface area (Å²) in [5, 5.41) is 9.26. The number of nitrogens with zero attached hydrogens (tertiary/aromatic N) is 1. The van der Waals surface area contributed by atoms with Gasteiger partial charge in [-0.1, -0.05) is 11.6 Å². The highest BCUT2D eigenvalue weighted by Gasteiger charge is 2.14. The molecule has 104 valence electrons. The van der Waals surface area contributed by atoms with Crippen molar-refractivity contribution in [3.63, 3.8) is 0 Å². The van der Waals surface area contributed by atoms with Crippen LogP contribution in [-0.2, 0) is 0 Å². The maximum absolute atomic E-state index is 11.7. The molecule has 0 saturated heterocycles. The van der Waals surface area contributed by atoms with Gasteiger partial charge in [0.25, 0.3) is 5.56 Å². The molecule has 20 heavy (non-hydrogen) atoms. The quantitative estimate of drug-likeness (QED) is 0.901. The Kier molecular flexibility index (Phi) is 4.05. The van der Waals surface area contributed by atoms with Crippen molar-refractivity contribution in [1.82, 2.24) is 9.97 Å². The first-order valence-corrected chi connectivity index (χ1v) is 6.16. The van der Waals surface area contributed by atoms with E-state index in [9.17, 15) is 9.59 Å². The molecule has 0 atom stereocenters. The lowest BCUT2D eigenvalue weighted by Crippen LogP contribution is -2.18. The van der Waals surface area contributed by atoms with Gasteiger partial charge in [0.1, 0.15) is 17.1 Å². The van der Waals surface area contributed by atoms with Gasteiger partial charge in [0.05, 0.1) is 12.2 Å². The number of aromatic nitrogens is 2. The predicted molar refractivity (Wildman–Crippen MR) is 73.4 cm³/mol. The first kappa shape index (κ1) is 14.1. The molecule has 1 aromatic heterocycles. The number of halogens is 1. The Labute approximate surface area is 119 Å². The fraction of sp³-hybridized carbons (Fsp3) is 0.154. The zero-order valence-corrected chi connectivity index (χ0v) is 11.3. The number of benzene rings is 1. The zero-order valence-electron chi connectivity index (χ0n) is 10.5. The average molecular weight is 295 g/mol. The summed E-state index contributed by atoms with van der Waals surface area (Å²) in [5.41, 5.74) is -0.660. The molecule has 2 rings (SSSR count). The maximum atomic E-state index is 11.7. The lowest BCUT2D eigenvalue weighted by molar-refractivity contribution is 0.0694. The molecule has 2 N–H and O–H groups in total. The number of carbonyl (C=O) groups is 1. The number of aromatic amines is 1. The SMILES string of the molecule is CCOc1ccc(Cl)cc1-c1ncc(C(=O)O)c(=O)[nH]1. The number of hydrogen-bond donors (Lipinski definition) is 2. The van der Waals surface area contributed by atoms with Gasteiger partial charge in [-0.3, -0.25) is 4.79 Å². The zero-order chi connectivity index (χ0) is 14.7. The van der Waals surface area contributed by atoms with E-state index in [1.165, 1.54) is 0 Å². The molecule has 0 bridgehead atoms. The van der Waals surface area contributed by atoms with E-state index in [0.29, 0.717) is 22.9 Å². The van der Waals surface area contributed by atoms with Crippen LogP contribution in [0.25, 0.3) is 11.4 Å². The molecule has 0 saturated carbocycles. The van der Waals surface area contributed by atoms with Crippen molar-refractivity contribution in [1.29, 1.82) is 0 Å². The summed E-state index contributed by atoms with van der Waals surface area (Å²) in [5.74, 6) is -0.629. The summed E-state index contributed by atoms with van der Waals surface area (Å²) in [4.78, 5) is 28.8. The first-order valence-electron chi connectivity index (χ1n) is 5.78. The van der Waals surface area contributed by atoms with E-state index in [0.717, 1.165) is 6.20 Å². The lowest BCUT2D eigenvalue weighted by Gasteiger charge is -2.10. The fourth-order valence-corrected chi connectivity index (χ4v) is 1.82. The first-order chi connectivity index (χ1) is 9.52. The number of H-pyrrole nitrogens is 1. The van der Waals surface area contributed by atoms with Crippen LogP contribution in [0.15, 0.2) is 29.2 Å². The summed E-state index contributed by atoms with van der Waals surface area (Å²) in [6, 6.07) is 4.90. The molecule has 0 aliphatic heterocycles. The Hall–Kier alpha value is -2.34. The molecule has 1 heterocycles. The van der Waals surface area contributed by atoms with E-state index in [4.69, 9.17) is 21.4 Å². The van der Waals surface area contributed by atoms with E-state index in [-0.39, 0.29) is 5.82 Å². The van der Waals surface area contributed by atoms with Crippen molar-refractivity contribution in [2.75, 3.05) is 6.61 Å². The molecular weight excluding hydrogens is 284 g/mol. The molecule has 0 spiro atoms. The van der Waals surface area contributed by atoms with Gasteiger partial charge >= 0.3 is 5.97 Å². The third-order valence-corrected chi connectivity index (χ3v) is 2.76. The van der Waals surface area contributed by atoms with Crippen molar-refractivity contribution in [2.24, 2.45) is 0 Å². The van der Waals surface area contributed by atoms with Gasteiger partial charge in [0.2, 0.25) is 0 Å². The Balaban J connectivity index is 2.56. The third kappa shape index (κ3) is 2.80. The van der Waals surface area contributed by atoms with Gasteiger partial charge in [-0.2, -0.15) is 0 Å². The lowest BCUT2D eigenvalue weighted by atomic mass is 10.2. The minimum Gasteiger partial charge on any atom is -0.493 e. The van der Waals surface area contributed by atoms with Crippen LogP contribution in [0.3, 0.4) is 0 Å². The summed E-state index contributed by atoms with van der Waals surface area (Å²) in [6.45, 7) is 2.26. The van der Waals surface area contributed by atoms with Crippen molar-refractivity contribution in [2.45, 2.75) is 6.92 Å². The Morgan fingerprint density at radius 1 is 1.50 bits per heavy atom. The van der Waals surface area contributed by atoms with Crippen LogP contribution in [0.2, 0.25) is 5.02 Å². The van der Waals surface area contributed by atoms with E-state index in [2.05, 4.69) is 9.97 Å². The van der Waals surface area contributed by atoms with Crippen molar-refractivity contribution in [3.8, 4) is 17.1 Å². The Morgan fingerprint density at radius 2 is 2.25 bits per heavy atom. The normalized spacial score (nSPS) is 10.3. The van der Waals surface area contributed by atoms with Crippen molar-refractivity contribution in [3.05, 3.63) is 45.3 Å². The number of hydrogen-bond acceptors (Lipinski definition) is 4. The van der Waals surface area contributed by atoms with Gasteiger partial charge in [-0.25, -0.2) is 9.78 Å². The van der Waals surface area contributed by atoms with Gasteiger partial charge in [-0.05, 0) is 25.1 Å². The van der Waals surface area contributed by atoms with Gasteiger partial charge < -0.3 is 14.8 Å². The van der Waals surface area contributed by atoms with E-state index < -0.39 is 17.1 Å². The van der Waals surface area contributed by atoms with Crippen LogP contribution in [0, 0.1) is 0 Å². The topological polar surface area (TPSA) is 92.3 Å².